The lowest BCUT2D eigenvalue weighted by Gasteiger charge is -2.09. The van der Waals surface area contributed by atoms with Gasteiger partial charge in [-0.15, -0.1) is 0 Å². The Morgan fingerprint density at radius 2 is 2.11 bits per heavy atom. The Labute approximate surface area is 158 Å². The highest BCUT2D eigenvalue weighted by atomic mass is 19.4. The van der Waals surface area contributed by atoms with Crippen molar-refractivity contribution in [1.82, 2.24) is 24.6 Å². The smallest absolute Gasteiger partial charge is 0.422 e. The summed E-state index contributed by atoms with van der Waals surface area (Å²) in [7, 11) is 0. The maximum atomic E-state index is 12.2. The molecule has 152 valence electrons. The molecule has 1 aliphatic rings. The van der Waals surface area contributed by atoms with E-state index in [2.05, 4.69) is 20.1 Å². The zero-order valence-electron chi connectivity index (χ0n) is 15.0. The van der Waals surface area contributed by atoms with Crippen molar-refractivity contribution in [3.8, 4) is 5.88 Å². The summed E-state index contributed by atoms with van der Waals surface area (Å²) in [5.74, 6) is 0.183. The molecule has 0 saturated heterocycles. The number of alkyl halides is 3. The average molecular weight is 399 g/mol. The maximum Gasteiger partial charge on any atom is 0.422 e. The van der Waals surface area contributed by atoms with Crippen molar-refractivity contribution in [2.75, 3.05) is 13.2 Å². The number of rotatable bonds is 7. The van der Waals surface area contributed by atoms with Crippen molar-refractivity contribution in [3.05, 3.63) is 40.2 Å². The molecule has 0 unspecified atom stereocenters. The fourth-order valence-corrected chi connectivity index (χ4v) is 2.88. The summed E-state index contributed by atoms with van der Waals surface area (Å²) in [5.41, 5.74) is 0.0775. The first-order chi connectivity index (χ1) is 13.3. The number of aromatic nitrogens is 4. The predicted octanol–water partition coefficient (Wildman–Crippen LogP) is 1.54. The molecule has 8 nitrogen and oxygen atoms in total. The van der Waals surface area contributed by atoms with Gasteiger partial charge in [-0.2, -0.15) is 18.3 Å². The second-order valence-corrected chi connectivity index (χ2v) is 6.43. The van der Waals surface area contributed by atoms with E-state index in [4.69, 9.17) is 0 Å². The van der Waals surface area contributed by atoms with E-state index in [1.54, 1.807) is 4.57 Å². The minimum Gasteiger partial charge on any atom is -0.468 e. The third kappa shape index (κ3) is 5.11. The number of halogens is 3. The van der Waals surface area contributed by atoms with Gasteiger partial charge < -0.3 is 10.1 Å². The van der Waals surface area contributed by atoms with Crippen LogP contribution in [-0.4, -0.2) is 44.6 Å². The Balaban J connectivity index is 1.44. The quantitative estimate of drug-likeness (QED) is 0.714. The lowest BCUT2D eigenvalue weighted by atomic mass is 10.2. The van der Waals surface area contributed by atoms with Crippen LogP contribution in [0.3, 0.4) is 0 Å². The average Bonchev–Trinajstić information content (AvgIpc) is 2.99. The molecule has 3 rings (SSSR count). The van der Waals surface area contributed by atoms with Crippen LogP contribution in [0.5, 0.6) is 5.88 Å². The molecular weight excluding hydrogens is 379 g/mol. The Bertz CT molecular complexity index is 874. The summed E-state index contributed by atoms with van der Waals surface area (Å²) in [5, 5.41) is 7.00. The van der Waals surface area contributed by atoms with Gasteiger partial charge in [0, 0.05) is 38.3 Å². The monoisotopic (exact) mass is 399 g/mol. The predicted molar refractivity (Wildman–Crippen MR) is 92.2 cm³/mol. The summed E-state index contributed by atoms with van der Waals surface area (Å²) in [6.07, 6.45) is 0.0172. The zero-order chi connectivity index (χ0) is 20.1. The van der Waals surface area contributed by atoms with Gasteiger partial charge in [0.25, 0.3) is 5.91 Å². The molecule has 2 aromatic rings. The first kappa shape index (κ1) is 19.9. The topological polar surface area (TPSA) is 91.0 Å². The highest BCUT2D eigenvalue weighted by molar-refractivity contribution is 5.93. The van der Waals surface area contributed by atoms with Crippen LogP contribution in [0.4, 0.5) is 13.2 Å². The molecule has 0 atom stereocenters. The van der Waals surface area contributed by atoms with Crippen molar-refractivity contribution in [2.45, 2.75) is 44.9 Å². The van der Waals surface area contributed by atoms with Gasteiger partial charge in [-0.3, -0.25) is 9.36 Å². The van der Waals surface area contributed by atoms with Crippen LogP contribution >= 0.6 is 0 Å². The Hall–Kier alpha value is -2.85. The normalized spacial score (nSPS) is 13.8. The summed E-state index contributed by atoms with van der Waals surface area (Å²) < 4.78 is 43.9. The van der Waals surface area contributed by atoms with Gasteiger partial charge in [-0.1, -0.05) is 0 Å². The molecule has 0 bridgehead atoms. The number of amides is 1. The molecule has 0 fully saturated rings. The van der Waals surface area contributed by atoms with E-state index in [1.165, 1.54) is 16.8 Å². The lowest BCUT2D eigenvalue weighted by Crippen LogP contribution is -2.29. The van der Waals surface area contributed by atoms with Crippen LogP contribution in [0.2, 0.25) is 0 Å². The molecule has 1 aliphatic heterocycles. The third-order valence-corrected chi connectivity index (χ3v) is 4.25. The molecule has 2 aromatic heterocycles. The Kier molecular flexibility index (Phi) is 6.00. The number of nitrogens with one attached hydrogen (secondary N) is 1. The molecule has 0 aliphatic carbocycles. The van der Waals surface area contributed by atoms with Gasteiger partial charge in [0.2, 0.25) is 5.88 Å². The van der Waals surface area contributed by atoms with Crippen molar-refractivity contribution in [1.29, 1.82) is 0 Å². The van der Waals surface area contributed by atoms with E-state index in [-0.39, 0.29) is 17.1 Å². The number of hydrogen-bond acceptors (Lipinski definition) is 5. The molecule has 0 radical (unpaired) electrons. The van der Waals surface area contributed by atoms with Crippen LogP contribution in [0, 0.1) is 0 Å². The molecule has 28 heavy (non-hydrogen) atoms. The number of carbonyl (C=O) groups excluding carboxylic acids is 1. The minimum atomic E-state index is -4.45. The summed E-state index contributed by atoms with van der Waals surface area (Å²) in [4.78, 5) is 27.9. The SMILES string of the molecule is O=C(NCCCn1nc2n(c1=O)CCCC2)c1ccc(OCC(F)(F)F)nc1. The second kappa shape index (κ2) is 8.44. The highest BCUT2D eigenvalue weighted by Crippen LogP contribution is 2.17. The van der Waals surface area contributed by atoms with Gasteiger partial charge in [0.1, 0.15) is 5.82 Å². The first-order valence-electron chi connectivity index (χ1n) is 8.94. The standard InChI is InChI=1S/C17H20F3N5O3/c18-17(19,20)11-28-14-6-5-12(10-22-14)15(26)21-7-3-9-25-16(27)24-8-2-1-4-13(24)23-25/h5-6,10H,1-4,7-9,11H2,(H,21,26). The number of carbonyl (C=O) groups is 1. The molecule has 0 spiro atoms. The highest BCUT2D eigenvalue weighted by Gasteiger charge is 2.28. The number of nitrogens with zero attached hydrogens (tertiary/aromatic N) is 4. The van der Waals surface area contributed by atoms with Gasteiger partial charge in [0.05, 0.1) is 5.56 Å². The summed E-state index contributed by atoms with van der Waals surface area (Å²) in [6, 6.07) is 2.54. The van der Waals surface area contributed by atoms with Gasteiger partial charge in [0.15, 0.2) is 6.61 Å². The number of aryl methyl sites for hydroxylation is 2. The number of pyridine rings is 1. The number of hydrogen-bond donors (Lipinski definition) is 1. The molecule has 0 saturated carbocycles. The van der Waals surface area contributed by atoms with Crippen molar-refractivity contribution in [2.24, 2.45) is 0 Å². The maximum absolute atomic E-state index is 12.2. The van der Waals surface area contributed by atoms with Crippen molar-refractivity contribution < 1.29 is 22.7 Å². The van der Waals surface area contributed by atoms with E-state index in [0.717, 1.165) is 31.3 Å². The fraction of sp³-hybridized carbons (Fsp3) is 0.529. The van der Waals surface area contributed by atoms with Crippen LogP contribution in [-0.2, 0) is 19.5 Å². The summed E-state index contributed by atoms with van der Waals surface area (Å²) >= 11 is 0. The van der Waals surface area contributed by atoms with Gasteiger partial charge >= 0.3 is 11.9 Å². The Morgan fingerprint density at radius 3 is 2.79 bits per heavy atom. The molecule has 1 N–H and O–H groups in total. The molecule has 3 heterocycles. The number of fused-ring (bicyclic) bond motifs is 1. The molecule has 0 aromatic carbocycles. The molecular formula is C17H20F3N5O3. The Morgan fingerprint density at radius 1 is 1.29 bits per heavy atom. The van der Waals surface area contributed by atoms with E-state index in [0.29, 0.717) is 26.1 Å². The van der Waals surface area contributed by atoms with Crippen LogP contribution in [0.25, 0.3) is 0 Å². The van der Waals surface area contributed by atoms with Crippen LogP contribution in [0.1, 0.15) is 35.4 Å². The first-order valence-corrected chi connectivity index (χ1v) is 8.94. The minimum absolute atomic E-state index is 0.125. The van der Waals surface area contributed by atoms with Crippen molar-refractivity contribution >= 4 is 5.91 Å². The second-order valence-electron chi connectivity index (χ2n) is 6.43. The van der Waals surface area contributed by atoms with Crippen LogP contribution in [0.15, 0.2) is 23.1 Å². The number of ether oxygens (including phenoxy) is 1. The fourth-order valence-electron chi connectivity index (χ4n) is 2.88. The lowest BCUT2D eigenvalue weighted by molar-refractivity contribution is -0.154. The van der Waals surface area contributed by atoms with E-state index in [9.17, 15) is 22.8 Å². The third-order valence-electron chi connectivity index (χ3n) is 4.25. The van der Waals surface area contributed by atoms with E-state index >= 15 is 0 Å². The van der Waals surface area contributed by atoms with Gasteiger partial charge in [-0.05, 0) is 25.3 Å². The molecule has 11 heteroatoms. The van der Waals surface area contributed by atoms with Crippen molar-refractivity contribution in [3.63, 3.8) is 0 Å². The van der Waals surface area contributed by atoms with Gasteiger partial charge in [-0.25, -0.2) is 14.5 Å². The van der Waals surface area contributed by atoms with E-state index < -0.39 is 18.7 Å². The zero-order valence-corrected chi connectivity index (χ0v) is 15.0. The molecule has 1 amide bonds. The summed E-state index contributed by atoms with van der Waals surface area (Å²) in [6.45, 7) is -0.0374. The van der Waals surface area contributed by atoms with Crippen LogP contribution < -0.4 is 15.7 Å². The van der Waals surface area contributed by atoms with E-state index in [1.807, 2.05) is 0 Å². The largest absolute Gasteiger partial charge is 0.468 e.